The van der Waals surface area contributed by atoms with Gasteiger partial charge in [0.2, 0.25) is 0 Å². The molecular formula is C23H31Cl2NO2. The molecule has 0 N–H and O–H groups in total. The lowest BCUT2D eigenvalue weighted by molar-refractivity contribution is -0.150. The van der Waals surface area contributed by atoms with E-state index >= 15 is 0 Å². The third-order valence-electron chi connectivity index (χ3n) is 7.08. The van der Waals surface area contributed by atoms with Gasteiger partial charge in [-0.1, -0.05) is 61.9 Å². The van der Waals surface area contributed by atoms with Crippen molar-refractivity contribution in [2.75, 3.05) is 6.54 Å². The molecule has 0 amide bonds. The van der Waals surface area contributed by atoms with E-state index in [4.69, 9.17) is 27.9 Å². The molecule has 3 aliphatic rings. The van der Waals surface area contributed by atoms with Crippen LogP contribution in [0.2, 0.25) is 10.0 Å². The second kappa shape index (κ2) is 8.93. The van der Waals surface area contributed by atoms with Gasteiger partial charge in [-0.05, 0) is 49.3 Å². The number of ether oxygens (including phenoxy) is 1. The van der Waals surface area contributed by atoms with Gasteiger partial charge >= 0.3 is 5.97 Å². The third kappa shape index (κ3) is 4.08. The molecule has 0 aromatic heterocycles. The predicted octanol–water partition coefficient (Wildman–Crippen LogP) is 6.22. The van der Waals surface area contributed by atoms with Gasteiger partial charge in [0.05, 0.1) is 10.0 Å². The first-order valence-electron chi connectivity index (χ1n) is 11.0. The quantitative estimate of drug-likeness (QED) is 0.367. The molecule has 3 heterocycles. The summed E-state index contributed by atoms with van der Waals surface area (Å²) in [6.45, 7) is 3.11. The Bertz CT molecular complexity index is 710. The van der Waals surface area contributed by atoms with E-state index in [2.05, 4.69) is 17.9 Å². The monoisotopic (exact) mass is 423 g/mol. The van der Waals surface area contributed by atoms with Crippen molar-refractivity contribution in [2.24, 2.45) is 5.92 Å². The number of nitrogens with zero attached hydrogens (tertiary/aromatic N) is 1. The minimum Gasteiger partial charge on any atom is -0.461 e. The van der Waals surface area contributed by atoms with Crippen LogP contribution in [0, 0.1) is 5.92 Å². The Morgan fingerprint density at radius 3 is 2.75 bits per heavy atom. The normalized spacial score (nSPS) is 33.2. The molecule has 0 aliphatic carbocycles. The van der Waals surface area contributed by atoms with Gasteiger partial charge in [-0.25, -0.2) is 0 Å². The largest absolute Gasteiger partial charge is 0.461 e. The van der Waals surface area contributed by atoms with Crippen molar-refractivity contribution in [3.8, 4) is 0 Å². The number of hydrogen-bond donors (Lipinski definition) is 0. The molecule has 0 saturated carbocycles. The van der Waals surface area contributed by atoms with E-state index in [0.717, 1.165) is 25.8 Å². The van der Waals surface area contributed by atoms with Crippen LogP contribution in [0.25, 0.3) is 0 Å². The summed E-state index contributed by atoms with van der Waals surface area (Å²) < 4.78 is 6.05. The average molecular weight is 424 g/mol. The van der Waals surface area contributed by atoms with Crippen LogP contribution in [-0.2, 0) is 9.53 Å². The number of carbonyl (C=O) groups is 1. The van der Waals surface area contributed by atoms with Crippen LogP contribution in [0.15, 0.2) is 18.2 Å². The Labute approximate surface area is 178 Å². The maximum atomic E-state index is 12.5. The lowest BCUT2D eigenvalue weighted by atomic mass is 9.76. The summed E-state index contributed by atoms with van der Waals surface area (Å²) >= 11 is 12.4. The number of carbonyl (C=O) groups excluding carboxylic acids is 1. The van der Waals surface area contributed by atoms with Crippen molar-refractivity contribution >= 4 is 29.2 Å². The molecular weight excluding hydrogens is 393 g/mol. The molecule has 6 atom stereocenters. The van der Waals surface area contributed by atoms with Crippen molar-refractivity contribution in [3.63, 3.8) is 0 Å². The Morgan fingerprint density at radius 2 is 1.96 bits per heavy atom. The lowest BCUT2D eigenvalue weighted by Gasteiger charge is -2.37. The molecule has 154 valence electrons. The van der Waals surface area contributed by atoms with Gasteiger partial charge in [0, 0.05) is 31.0 Å². The molecule has 4 rings (SSSR count). The van der Waals surface area contributed by atoms with Crippen LogP contribution < -0.4 is 0 Å². The highest BCUT2D eigenvalue weighted by Crippen LogP contribution is 2.53. The Kier molecular flexibility index (Phi) is 6.54. The molecule has 4 bridgehead atoms. The number of esters is 1. The number of unbranched alkanes of at least 4 members (excludes halogenated alkanes) is 4. The van der Waals surface area contributed by atoms with Gasteiger partial charge in [-0.3, -0.25) is 9.69 Å². The Balaban J connectivity index is 1.43. The fraction of sp³-hybridized carbons (Fsp3) is 0.696. The molecule has 1 aromatic carbocycles. The summed E-state index contributed by atoms with van der Waals surface area (Å²) in [5, 5.41) is 1.22. The first kappa shape index (κ1) is 20.5. The summed E-state index contributed by atoms with van der Waals surface area (Å²) in [4.78, 5) is 15.1. The maximum Gasteiger partial charge on any atom is 0.306 e. The summed E-state index contributed by atoms with van der Waals surface area (Å²) in [5.74, 6) is 0.757. The number of benzene rings is 1. The zero-order chi connectivity index (χ0) is 19.7. The number of piperidine rings is 1. The minimum absolute atomic E-state index is 0.0119. The van der Waals surface area contributed by atoms with Crippen LogP contribution in [0.1, 0.15) is 76.2 Å². The van der Waals surface area contributed by atoms with Gasteiger partial charge in [0.1, 0.15) is 6.10 Å². The molecule has 3 fully saturated rings. The van der Waals surface area contributed by atoms with E-state index in [1.54, 1.807) is 0 Å². The number of rotatable bonds is 8. The lowest BCUT2D eigenvalue weighted by Crippen LogP contribution is -2.41. The average Bonchev–Trinajstić information content (AvgIpc) is 3.08. The van der Waals surface area contributed by atoms with Crippen molar-refractivity contribution in [3.05, 3.63) is 33.8 Å². The summed E-state index contributed by atoms with van der Waals surface area (Å²) in [7, 11) is 0. The second-order valence-corrected chi connectivity index (χ2v) is 9.60. The van der Waals surface area contributed by atoms with Crippen LogP contribution >= 0.6 is 23.2 Å². The van der Waals surface area contributed by atoms with Gasteiger partial charge in [0.25, 0.3) is 0 Å². The van der Waals surface area contributed by atoms with Crippen LogP contribution in [0.4, 0.5) is 0 Å². The minimum atomic E-state index is -0.0148. The first-order chi connectivity index (χ1) is 13.6. The fourth-order valence-electron chi connectivity index (χ4n) is 5.79. The summed E-state index contributed by atoms with van der Waals surface area (Å²) in [6, 6.07) is 7.19. The first-order valence-corrected chi connectivity index (χ1v) is 11.7. The van der Waals surface area contributed by atoms with E-state index in [9.17, 15) is 4.79 Å². The molecule has 28 heavy (non-hydrogen) atoms. The Hall–Kier alpha value is -0.770. The molecule has 1 unspecified atom stereocenters. The third-order valence-corrected chi connectivity index (χ3v) is 7.82. The fourth-order valence-corrected chi connectivity index (χ4v) is 6.10. The Morgan fingerprint density at radius 1 is 1.14 bits per heavy atom. The van der Waals surface area contributed by atoms with Crippen molar-refractivity contribution in [1.29, 1.82) is 0 Å². The van der Waals surface area contributed by atoms with Crippen LogP contribution in [0.5, 0.6) is 0 Å². The van der Waals surface area contributed by atoms with Gasteiger partial charge in [0.15, 0.2) is 0 Å². The van der Waals surface area contributed by atoms with Crippen molar-refractivity contribution in [2.45, 2.75) is 88.8 Å². The topological polar surface area (TPSA) is 29.5 Å². The van der Waals surface area contributed by atoms with Gasteiger partial charge in [-0.15, -0.1) is 0 Å². The molecule has 3 aliphatic heterocycles. The molecule has 3 saturated heterocycles. The summed E-state index contributed by atoms with van der Waals surface area (Å²) in [5.41, 5.74) is 1.25. The zero-order valence-electron chi connectivity index (χ0n) is 16.7. The van der Waals surface area contributed by atoms with E-state index in [1.165, 1.54) is 37.7 Å². The molecule has 0 spiro atoms. The predicted molar refractivity (Wildman–Crippen MR) is 114 cm³/mol. The highest BCUT2D eigenvalue weighted by atomic mass is 35.5. The molecule has 1 aromatic rings. The number of hydrogen-bond acceptors (Lipinski definition) is 3. The highest BCUT2D eigenvalue weighted by Gasteiger charge is 2.56. The van der Waals surface area contributed by atoms with Crippen LogP contribution in [-0.4, -0.2) is 35.6 Å². The van der Waals surface area contributed by atoms with Gasteiger partial charge in [-0.2, -0.15) is 0 Å². The number of halogens is 2. The van der Waals surface area contributed by atoms with Crippen molar-refractivity contribution < 1.29 is 9.53 Å². The van der Waals surface area contributed by atoms with Gasteiger partial charge < -0.3 is 4.74 Å². The van der Waals surface area contributed by atoms with Crippen molar-refractivity contribution in [1.82, 2.24) is 4.90 Å². The smallest absolute Gasteiger partial charge is 0.306 e. The molecule has 0 radical (unpaired) electrons. The summed E-state index contributed by atoms with van der Waals surface area (Å²) in [6.07, 6.45) is 9.94. The second-order valence-electron chi connectivity index (χ2n) is 8.78. The molecule has 5 heteroatoms. The SMILES string of the molecule is CCCCCCCC(=O)O[C@H]1CN2[C@@H]3CC[C@H]2[C@H]1[C@H](c1ccc(Cl)c(Cl)c1)C3. The van der Waals surface area contributed by atoms with E-state index in [1.807, 2.05) is 12.1 Å². The van der Waals surface area contributed by atoms with Crippen LogP contribution in [0.3, 0.4) is 0 Å². The molecule has 3 nitrogen and oxygen atoms in total. The van der Waals surface area contributed by atoms with E-state index in [-0.39, 0.29) is 12.1 Å². The van der Waals surface area contributed by atoms with E-state index < -0.39 is 0 Å². The van der Waals surface area contributed by atoms with E-state index in [0.29, 0.717) is 40.4 Å². The standard InChI is InChI=1S/C23H31Cl2NO2/c1-2-3-4-5-6-7-22(27)28-21-14-26-16-9-11-20(26)23(21)17(13-16)15-8-10-18(24)19(25)12-15/h8,10,12,16-17,20-21,23H,2-7,9,11,13-14H2,1H3/t16-,17+,20+,21+,23-/m1/s1. The maximum absolute atomic E-state index is 12.5. The zero-order valence-corrected chi connectivity index (χ0v) is 18.2. The highest BCUT2D eigenvalue weighted by molar-refractivity contribution is 6.42.